The van der Waals surface area contributed by atoms with Crippen molar-refractivity contribution in [3.8, 4) is 0 Å². The normalized spacial score (nSPS) is 13.9. The number of ether oxygens (including phenoxy) is 1. The van der Waals surface area contributed by atoms with Crippen LogP contribution < -0.4 is 0 Å². The van der Waals surface area contributed by atoms with Gasteiger partial charge in [-0.2, -0.15) is 0 Å². The highest BCUT2D eigenvalue weighted by atomic mass is 19.1. The molecule has 6 heteroatoms. The molecular formula is C13H14FNO4. The van der Waals surface area contributed by atoms with Gasteiger partial charge in [-0.3, -0.25) is 0 Å². The lowest BCUT2D eigenvalue weighted by molar-refractivity contribution is 0.0691. The van der Waals surface area contributed by atoms with E-state index in [1.54, 1.807) is 6.92 Å². The summed E-state index contributed by atoms with van der Waals surface area (Å²) < 4.78 is 18.4. The van der Waals surface area contributed by atoms with E-state index in [4.69, 9.17) is 9.84 Å². The first-order chi connectivity index (χ1) is 9.02. The number of fused-ring (bicyclic) bond motifs is 1. The van der Waals surface area contributed by atoms with Crippen LogP contribution in [0.4, 0.5) is 9.18 Å². The Morgan fingerprint density at radius 2 is 2.16 bits per heavy atom. The Bertz CT molecular complexity index is 530. The molecule has 1 aromatic rings. The van der Waals surface area contributed by atoms with Crippen molar-refractivity contribution in [1.29, 1.82) is 0 Å². The minimum absolute atomic E-state index is 0.245. The molecule has 0 atom stereocenters. The van der Waals surface area contributed by atoms with Crippen LogP contribution in [0.5, 0.6) is 0 Å². The van der Waals surface area contributed by atoms with Crippen LogP contribution in [-0.2, 0) is 17.7 Å². The van der Waals surface area contributed by atoms with Crippen LogP contribution in [0.25, 0.3) is 0 Å². The SMILES string of the molecule is CCOC(=O)N1CCc2cc(F)c(C(=O)O)cc2C1. The molecule has 5 nitrogen and oxygen atoms in total. The number of carbonyl (C=O) groups is 2. The maximum absolute atomic E-state index is 13.5. The van der Waals surface area contributed by atoms with Crippen molar-refractivity contribution in [2.24, 2.45) is 0 Å². The standard InChI is InChI=1S/C13H14FNO4/c1-2-19-13(18)15-4-3-8-6-11(14)10(12(16)17)5-9(8)7-15/h5-6H,2-4,7H2,1H3,(H,16,17). The number of hydrogen-bond acceptors (Lipinski definition) is 3. The molecule has 0 spiro atoms. The maximum atomic E-state index is 13.5. The second-order valence-electron chi connectivity index (χ2n) is 4.28. The lowest BCUT2D eigenvalue weighted by Crippen LogP contribution is -2.36. The number of benzene rings is 1. The molecule has 1 N–H and O–H groups in total. The van der Waals surface area contributed by atoms with Crippen molar-refractivity contribution < 1.29 is 23.8 Å². The summed E-state index contributed by atoms with van der Waals surface area (Å²) in [6, 6.07) is 2.53. The van der Waals surface area contributed by atoms with Gasteiger partial charge in [0.2, 0.25) is 0 Å². The highest BCUT2D eigenvalue weighted by Crippen LogP contribution is 2.23. The van der Waals surface area contributed by atoms with Gasteiger partial charge < -0.3 is 14.7 Å². The number of hydrogen-bond donors (Lipinski definition) is 1. The smallest absolute Gasteiger partial charge is 0.410 e. The molecule has 0 unspecified atom stereocenters. The first-order valence-corrected chi connectivity index (χ1v) is 5.99. The van der Waals surface area contributed by atoms with E-state index in [0.29, 0.717) is 18.5 Å². The number of carboxylic acid groups (broad SMARTS) is 1. The zero-order valence-corrected chi connectivity index (χ0v) is 10.5. The Balaban J connectivity index is 2.26. The molecule has 1 aliphatic heterocycles. The number of amides is 1. The molecule has 0 fully saturated rings. The van der Waals surface area contributed by atoms with Crippen LogP contribution in [0, 0.1) is 5.82 Å². The molecule has 0 aliphatic carbocycles. The maximum Gasteiger partial charge on any atom is 0.410 e. The van der Waals surface area contributed by atoms with Gasteiger partial charge in [0.1, 0.15) is 5.82 Å². The third-order valence-corrected chi connectivity index (χ3v) is 3.06. The molecule has 102 valence electrons. The van der Waals surface area contributed by atoms with Gasteiger partial charge in [0, 0.05) is 13.1 Å². The first-order valence-electron chi connectivity index (χ1n) is 5.99. The van der Waals surface area contributed by atoms with E-state index in [1.165, 1.54) is 17.0 Å². The van der Waals surface area contributed by atoms with E-state index >= 15 is 0 Å². The summed E-state index contributed by atoms with van der Waals surface area (Å²) in [5, 5.41) is 8.88. The Kier molecular flexibility index (Phi) is 3.69. The van der Waals surface area contributed by atoms with E-state index < -0.39 is 17.9 Å². The van der Waals surface area contributed by atoms with Gasteiger partial charge in [0.15, 0.2) is 0 Å². The quantitative estimate of drug-likeness (QED) is 0.890. The molecule has 1 amide bonds. The minimum Gasteiger partial charge on any atom is -0.478 e. The van der Waals surface area contributed by atoms with Crippen molar-refractivity contribution >= 4 is 12.1 Å². The van der Waals surface area contributed by atoms with Crippen molar-refractivity contribution in [3.63, 3.8) is 0 Å². The van der Waals surface area contributed by atoms with Gasteiger partial charge in [0.05, 0.1) is 12.2 Å². The Morgan fingerprint density at radius 3 is 2.79 bits per heavy atom. The number of halogens is 1. The van der Waals surface area contributed by atoms with Gasteiger partial charge in [-0.15, -0.1) is 0 Å². The number of carbonyl (C=O) groups excluding carboxylic acids is 1. The fourth-order valence-electron chi connectivity index (χ4n) is 2.11. The predicted octanol–water partition coefficient (Wildman–Crippen LogP) is 2.04. The monoisotopic (exact) mass is 267 g/mol. The Hall–Kier alpha value is -2.11. The zero-order chi connectivity index (χ0) is 14.0. The van der Waals surface area contributed by atoms with Gasteiger partial charge in [0.25, 0.3) is 0 Å². The summed E-state index contributed by atoms with van der Waals surface area (Å²) >= 11 is 0. The first kappa shape index (κ1) is 13.3. The van der Waals surface area contributed by atoms with E-state index in [9.17, 15) is 14.0 Å². The third kappa shape index (κ3) is 2.67. The van der Waals surface area contributed by atoms with Crippen LogP contribution in [0.2, 0.25) is 0 Å². The number of rotatable bonds is 2. The summed E-state index contributed by atoms with van der Waals surface area (Å²) in [4.78, 5) is 24.0. The molecule has 1 aliphatic rings. The lowest BCUT2D eigenvalue weighted by Gasteiger charge is -2.28. The molecular weight excluding hydrogens is 253 g/mol. The Morgan fingerprint density at radius 1 is 1.42 bits per heavy atom. The fourth-order valence-corrected chi connectivity index (χ4v) is 2.11. The molecule has 0 saturated carbocycles. The van der Waals surface area contributed by atoms with Crippen LogP contribution in [0.3, 0.4) is 0 Å². The highest BCUT2D eigenvalue weighted by molar-refractivity contribution is 5.88. The second-order valence-corrected chi connectivity index (χ2v) is 4.28. The second kappa shape index (κ2) is 5.26. The molecule has 0 saturated heterocycles. The molecule has 0 bridgehead atoms. The third-order valence-electron chi connectivity index (χ3n) is 3.06. The van der Waals surface area contributed by atoms with Gasteiger partial charge in [-0.05, 0) is 36.6 Å². The van der Waals surface area contributed by atoms with Crippen molar-refractivity contribution in [3.05, 3.63) is 34.6 Å². The van der Waals surface area contributed by atoms with E-state index in [-0.39, 0.29) is 18.7 Å². The van der Waals surface area contributed by atoms with Gasteiger partial charge in [-0.25, -0.2) is 14.0 Å². The molecule has 1 heterocycles. The zero-order valence-electron chi connectivity index (χ0n) is 10.5. The van der Waals surface area contributed by atoms with E-state index in [0.717, 1.165) is 5.56 Å². The van der Waals surface area contributed by atoms with E-state index in [2.05, 4.69) is 0 Å². The summed E-state index contributed by atoms with van der Waals surface area (Å²) in [5.41, 5.74) is 1.02. The van der Waals surface area contributed by atoms with Gasteiger partial charge >= 0.3 is 12.1 Å². The van der Waals surface area contributed by atoms with Crippen LogP contribution in [0.1, 0.15) is 28.4 Å². The van der Waals surface area contributed by atoms with Crippen molar-refractivity contribution in [1.82, 2.24) is 4.90 Å². The molecule has 1 aromatic carbocycles. The molecule has 0 aromatic heterocycles. The number of carboxylic acids is 1. The van der Waals surface area contributed by atoms with Crippen LogP contribution in [0.15, 0.2) is 12.1 Å². The van der Waals surface area contributed by atoms with Crippen molar-refractivity contribution in [2.45, 2.75) is 19.9 Å². The van der Waals surface area contributed by atoms with Crippen molar-refractivity contribution in [2.75, 3.05) is 13.2 Å². The van der Waals surface area contributed by atoms with Crippen LogP contribution in [-0.4, -0.2) is 35.2 Å². The molecule has 19 heavy (non-hydrogen) atoms. The predicted molar refractivity (Wildman–Crippen MR) is 64.5 cm³/mol. The van der Waals surface area contributed by atoms with E-state index in [1.807, 2.05) is 0 Å². The lowest BCUT2D eigenvalue weighted by atomic mass is 9.97. The average Bonchev–Trinajstić information content (AvgIpc) is 2.37. The number of nitrogens with zero attached hydrogens (tertiary/aromatic N) is 1. The largest absolute Gasteiger partial charge is 0.478 e. The van der Waals surface area contributed by atoms with Crippen LogP contribution >= 0.6 is 0 Å². The summed E-state index contributed by atoms with van der Waals surface area (Å²) in [5.74, 6) is -2.05. The molecule has 2 rings (SSSR count). The summed E-state index contributed by atoms with van der Waals surface area (Å²) in [6.07, 6.45) is 0.0553. The average molecular weight is 267 g/mol. The molecule has 0 radical (unpaired) electrons. The number of aromatic carboxylic acids is 1. The van der Waals surface area contributed by atoms with Gasteiger partial charge in [-0.1, -0.05) is 0 Å². The minimum atomic E-state index is -1.31. The Labute approximate surface area is 109 Å². The summed E-state index contributed by atoms with van der Waals surface area (Å²) in [7, 11) is 0. The topological polar surface area (TPSA) is 66.8 Å². The summed E-state index contributed by atoms with van der Waals surface area (Å²) in [6.45, 7) is 2.69. The highest BCUT2D eigenvalue weighted by Gasteiger charge is 2.24. The fraction of sp³-hybridized carbons (Fsp3) is 0.385.